The summed E-state index contributed by atoms with van der Waals surface area (Å²) in [5.41, 5.74) is 1.92. The van der Waals surface area contributed by atoms with E-state index in [1.54, 1.807) is 18.7 Å². The lowest BCUT2D eigenvalue weighted by Crippen LogP contribution is -2.36. The average Bonchev–Trinajstić information content (AvgIpc) is 2.43. The van der Waals surface area contributed by atoms with Gasteiger partial charge in [0.2, 0.25) is 0 Å². The van der Waals surface area contributed by atoms with Crippen LogP contribution in [0.3, 0.4) is 0 Å². The SMILES string of the molecule is C[C@@H](C(=O)O)N1c2ccccc2Sc2ccccc21. The fourth-order valence-corrected chi connectivity index (χ4v) is 3.33. The maximum Gasteiger partial charge on any atom is 0.326 e. The van der Waals surface area contributed by atoms with Crippen LogP contribution in [0, 0.1) is 0 Å². The molecule has 19 heavy (non-hydrogen) atoms. The molecule has 0 fully saturated rings. The number of anilines is 2. The van der Waals surface area contributed by atoms with Crippen LogP contribution in [0.25, 0.3) is 0 Å². The second kappa shape index (κ2) is 4.63. The minimum absolute atomic E-state index is 0.594. The van der Waals surface area contributed by atoms with Gasteiger partial charge in [-0.25, -0.2) is 4.79 Å². The first-order chi connectivity index (χ1) is 9.18. The molecule has 0 amide bonds. The molecule has 1 aliphatic heterocycles. The molecule has 96 valence electrons. The quantitative estimate of drug-likeness (QED) is 0.902. The number of aliphatic carboxylic acids is 1. The van der Waals surface area contributed by atoms with Crippen LogP contribution in [0.5, 0.6) is 0 Å². The van der Waals surface area contributed by atoms with Gasteiger partial charge in [-0.05, 0) is 31.2 Å². The number of benzene rings is 2. The van der Waals surface area contributed by atoms with Gasteiger partial charge < -0.3 is 10.0 Å². The summed E-state index contributed by atoms with van der Waals surface area (Å²) >= 11 is 1.68. The van der Waals surface area contributed by atoms with Crippen LogP contribution >= 0.6 is 11.8 Å². The molecule has 1 atom stereocenters. The first-order valence-electron chi connectivity index (χ1n) is 6.06. The third-order valence-corrected chi connectivity index (χ3v) is 4.34. The largest absolute Gasteiger partial charge is 0.480 e. The predicted molar refractivity (Wildman–Crippen MR) is 76.2 cm³/mol. The van der Waals surface area contributed by atoms with E-state index in [1.165, 1.54) is 0 Å². The summed E-state index contributed by atoms with van der Waals surface area (Å²) in [5, 5.41) is 9.34. The first-order valence-corrected chi connectivity index (χ1v) is 6.88. The molecule has 0 unspecified atom stereocenters. The highest BCUT2D eigenvalue weighted by atomic mass is 32.2. The molecular weight excluding hydrogens is 258 g/mol. The Bertz CT molecular complexity index is 596. The molecule has 2 aromatic rings. The number of carboxylic acids is 1. The minimum Gasteiger partial charge on any atom is -0.480 e. The molecule has 0 radical (unpaired) electrons. The maximum absolute atomic E-state index is 11.4. The third kappa shape index (κ3) is 1.98. The number of carbonyl (C=O) groups is 1. The van der Waals surface area contributed by atoms with Crippen LogP contribution in [-0.2, 0) is 4.79 Å². The average molecular weight is 271 g/mol. The lowest BCUT2D eigenvalue weighted by atomic mass is 10.1. The van der Waals surface area contributed by atoms with Gasteiger partial charge in [0, 0.05) is 9.79 Å². The van der Waals surface area contributed by atoms with Gasteiger partial charge in [0.15, 0.2) is 0 Å². The summed E-state index contributed by atoms with van der Waals surface area (Å²) in [6.45, 7) is 1.71. The highest BCUT2D eigenvalue weighted by Gasteiger charge is 2.29. The fraction of sp³-hybridized carbons (Fsp3) is 0.133. The number of hydrogen-bond acceptors (Lipinski definition) is 3. The zero-order valence-corrected chi connectivity index (χ0v) is 11.2. The lowest BCUT2D eigenvalue weighted by molar-refractivity contribution is -0.138. The highest BCUT2D eigenvalue weighted by molar-refractivity contribution is 7.99. The van der Waals surface area contributed by atoms with Gasteiger partial charge in [0.25, 0.3) is 0 Å². The second-order valence-corrected chi connectivity index (χ2v) is 5.51. The van der Waals surface area contributed by atoms with Crippen molar-refractivity contribution in [3.63, 3.8) is 0 Å². The van der Waals surface area contributed by atoms with Gasteiger partial charge in [-0.3, -0.25) is 0 Å². The van der Waals surface area contributed by atoms with Crippen molar-refractivity contribution in [2.45, 2.75) is 22.8 Å². The Morgan fingerprint density at radius 1 is 1.05 bits per heavy atom. The fourth-order valence-electron chi connectivity index (χ4n) is 2.26. The predicted octanol–water partition coefficient (Wildman–Crippen LogP) is 3.76. The smallest absolute Gasteiger partial charge is 0.326 e. The van der Waals surface area contributed by atoms with Crippen LogP contribution in [0.4, 0.5) is 11.4 Å². The Labute approximate surface area is 115 Å². The topological polar surface area (TPSA) is 40.5 Å². The number of nitrogens with zero attached hydrogens (tertiary/aromatic N) is 1. The van der Waals surface area contributed by atoms with E-state index in [1.807, 2.05) is 53.4 Å². The minimum atomic E-state index is -0.823. The summed E-state index contributed by atoms with van der Waals surface area (Å²) < 4.78 is 0. The molecule has 3 rings (SSSR count). The molecule has 1 heterocycles. The van der Waals surface area contributed by atoms with Crippen LogP contribution in [0.15, 0.2) is 58.3 Å². The normalized spacial score (nSPS) is 14.5. The number of hydrogen-bond donors (Lipinski definition) is 1. The molecule has 2 aromatic carbocycles. The Morgan fingerprint density at radius 2 is 1.53 bits per heavy atom. The van der Waals surface area contributed by atoms with E-state index >= 15 is 0 Å². The zero-order valence-electron chi connectivity index (χ0n) is 10.4. The summed E-state index contributed by atoms with van der Waals surface area (Å²) in [5.74, 6) is -0.823. The van der Waals surface area contributed by atoms with E-state index in [-0.39, 0.29) is 0 Å². The number of carboxylic acid groups (broad SMARTS) is 1. The Kier molecular flexibility index (Phi) is 2.95. The van der Waals surface area contributed by atoms with Crippen molar-refractivity contribution in [2.24, 2.45) is 0 Å². The van der Waals surface area contributed by atoms with Crippen LogP contribution < -0.4 is 4.90 Å². The molecule has 0 aliphatic carbocycles. The molecule has 0 spiro atoms. The zero-order chi connectivity index (χ0) is 13.4. The second-order valence-electron chi connectivity index (χ2n) is 4.42. The van der Waals surface area contributed by atoms with Crippen molar-refractivity contribution in [2.75, 3.05) is 4.90 Å². The Morgan fingerprint density at radius 3 is 2.00 bits per heavy atom. The van der Waals surface area contributed by atoms with Crippen molar-refractivity contribution >= 4 is 29.1 Å². The molecule has 0 bridgehead atoms. The molecule has 3 nitrogen and oxygen atoms in total. The van der Waals surface area contributed by atoms with Gasteiger partial charge >= 0.3 is 5.97 Å². The summed E-state index contributed by atoms with van der Waals surface area (Å²) in [6, 6.07) is 15.2. The number of rotatable bonds is 2. The van der Waals surface area contributed by atoms with E-state index in [2.05, 4.69) is 0 Å². The Balaban J connectivity index is 2.19. The number of para-hydroxylation sites is 2. The maximum atomic E-state index is 11.4. The van der Waals surface area contributed by atoms with Crippen molar-refractivity contribution < 1.29 is 9.90 Å². The van der Waals surface area contributed by atoms with Crippen LogP contribution in [-0.4, -0.2) is 17.1 Å². The van der Waals surface area contributed by atoms with E-state index < -0.39 is 12.0 Å². The van der Waals surface area contributed by atoms with Crippen molar-refractivity contribution in [3.05, 3.63) is 48.5 Å². The Hall–Kier alpha value is -1.94. The van der Waals surface area contributed by atoms with Gasteiger partial charge in [-0.2, -0.15) is 0 Å². The number of fused-ring (bicyclic) bond motifs is 2. The molecule has 0 saturated heterocycles. The first kappa shape index (κ1) is 12.1. The van der Waals surface area contributed by atoms with Crippen molar-refractivity contribution in [1.29, 1.82) is 0 Å². The van der Waals surface area contributed by atoms with E-state index in [0.29, 0.717) is 0 Å². The van der Waals surface area contributed by atoms with Crippen LogP contribution in [0.1, 0.15) is 6.92 Å². The van der Waals surface area contributed by atoms with Crippen molar-refractivity contribution in [3.8, 4) is 0 Å². The molecular formula is C15H13NO2S. The lowest BCUT2D eigenvalue weighted by Gasteiger charge is -2.35. The molecule has 4 heteroatoms. The third-order valence-electron chi connectivity index (χ3n) is 3.21. The van der Waals surface area contributed by atoms with E-state index in [0.717, 1.165) is 21.2 Å². The molecule has 0 aromatic heterocycles. The van der Waals surface area contributed by atoms with Crippen molar-refractivity contribution in [1.82, 2.24) is 0 Å². The van der Waals surface area contributed by atoms with Gasteiger partial charge in [0.1, 0.15) is 6.04 Å². The van der Waals surface area contributed by atoms with E-state index in [9.17, 15) is 9.90 Å². The van der Waals surface area contributed by atoms with Gasteiger partial charge in [-0.1, -0.05) is 36.0 Å². The van der Waals surface area contributed by atoms with Crippen LogP contribution in [0.2, 0.25) is 0 Å². The molecule has 0 saturated carbocycles. The summed E-state index contributed by atoms with van der Waals surface area (Å²) in [4.78, 5) is 15.4. The van der Waals surface area contributed by atoms with Gasteiger partial charge in [0.05, 0.1) is 11.4 Å². The standard InChI is InChI=1S/C15H13NO2S/c1-10(15(17)18)16-11-6-2-4-8-13(11)19-14-9-5-3-7-12(14)16/h2-10H,1H3,(H,17,18)/t10-/m0/s1. The monoisotopic (exact) mass is 271 g/mol. The summed E-state index contributed by atoms with van der Waals surface area (Å²) in [7, 11) is 0. The molecule has 1 aliphatic rings. The van der Waals surface area contributed by atoms with E-state index in [4.69, 9.17) is 0 Å². The highest BCUT2D eigenvalue weighted by Crippen LogP contribution is 2.48. The summed E-state index contributed by atoms with van der Waals surface area (Å²) in [6.07, 6.45) is 0. The van der Waals surface area contributed by atoms with Gasteiger partial charge in [-0.15, -0.1) is 0 Å². The molecule has 1 N–H and O–H groups in total.